The Kier molecular flexibility index (Phi) is 5.85. The maximum absolute atomic E-state index is 4.30. The molecule has 0 spiro atoms. The van der Waals surface area contributed by atoms with E-state index in [-0.39, 0.29) is 0 Å². The van der Waals surface area contributed by atoms with Gasteiger partial charge in [0, 0.05) is 24.2 Å². The molecule has 1 unspecified atom stereocenters. The first kappa shape index (κ1) is 14.0. The number of benzene rings is 1. The predicted octanol–water partition coefficient (Wildman–Crippen LogP) is 3.31. The van der Waals surface area contributed by atoms with Gasteiger partial charge in [0.15, 0.2) is 0 Å². The Hall–Kier alpha value is -1.39. The molecule has 0 fully saturated rings. The molecule has 1 atom stereocenters. The molecule has 0 saturated heterocycles. The summed E-state index contributed by atoms with van der Waals surface area (Å²) in [6, 6.07) is 10.9. The molecule has 0 bridgehead atoms. The minimum Gasteiger partial charge on any atom is -0.309 e. The molecule has 0 aliphatic heterocycles. The zero-order valence-corrected chi connectivity index (χ0v) is 11.9. The van der Waals surface area contributed by atoms with E-state index in [4.69, 9.17) is 0 Å². The number of rotatable bonds is 7. The lowest BCUT2D eigenvalue weighted by molar-refractivity contribution is 0.577. The molecule has 1 heterocycles. The fourth-order valence-electron chi connectivity index (χ4n) is 1.81. The average Bonchev–Trinajstić information content (AvgIpc) is 2.49. The highest BCUT2D eigenvalue weighted by Gasteiger charge is 2.11. The summed E-state index contributed by atoms with van der Waals surface area (Å²) in [7, 11) is 0. The van der Waals surface area contributed by atoms with Crippen LogP contribution >= 0.6 is 11.8 Å². The third kappa shape index (κ3) is 4.65. The molecule has 3 nitrogen and oxygen atoms in total. The van der Waals surface area contributed by atoms with Gasteiger partial charge in [0.1, 0.15) is 5.03 Å². The summed E-state index contributed by atoms with van der Waals surface area (Å²) < 4.78 is 0. The fraction of sp³-hybridized carbons (Fsp3) is 0.333. The van der Waals surface area contributed by atoms with Crippen LogP contribution in [0.5, 0.6) is 0 Å². The molecule has 100 valence electrons. The van der Waals surface area contributed by atoms with Gasteiger partial charge >= 0.3 is 0 Å². The molecule has 1 N–H and O–H groups in total. The number of aromatic nitrogens is 2. The van der Waals surface area contributed by atoms with E-state index < -0.39 is 0 Å². The van der Waals surface area contributed by atoms with Crippen LogP contribution in [0.1, 0.15) is 24.9 Å². The van der Waals surface area contributed by atoms with Crippen molar-refractivity contribution in [1.29, 1.82) is 0 Å². The zero-order chi connectivity index (χ0) is 13.3. The van der Waals surface area contributed by atoms with Crippen LogP contribution in [0.3, 0.4) is 0 Å². The Morgan fingerprint density at radius 3 is 2.74 bits per heavy atom. The lowest BCUT2D eigenvalue weighted by Crippen LogP contribution is -2.24. The summed E-state index contributed by atoms with van der Waals surface area (Å²) in [6.45, 7) is 3.21. The molecular weight excluding hydrogens is 254 g/mol. The highest BCUT2D eigenvalue weighted by atomic mass is 32.2. The van der Waals surface area contributed by atoms with Crippen LogP contribution in [0.2, 0.25) is 0 Å². The average molecular weight is 273 g/mol. The highest BCUT2D eigenvalue weighted by molar-refractivity contribution is 7.99. The summed E-state index contributed by atoms with van der Waals surface area (Å²) in [5.41, 5.74) is 1.33. The monoisotopic (exact) mass is 273 g/mol. The Morgan fingerprint density at radius 1 is 1.21 bits per heavy atom. The molecular formula is C15H19N3S. The van der Waals surface area contributed by atoms with Gasteiger partial charge in [-0.3, -0.25) is 4.98 Å². The van der Waals surface area contributed by atoms with Crippen molar-refractivity contribution in [2.75, 3.05) is 12.3 Å². The van der Waals surface area contributed by atoms with Crippen molar-refractivity contribution in [2.24, 2.45) is 0 Å². The van der Waals surface area contributed by atoms with E-state index in [0.29, 0.717) is 6.04 Å². The molecule has 0 radical (unpaired) electrons. The van der Waals surface area contributed by atoms with Crippen molar-refractivity contribution in [3.63, 3.8) is 0 Å². The van der Waals surface area contributed by atoms with Crippen LogP contribution in [-0.4, -0.2) is 22.3 Å². The van der Waals surface area contributed by atoms with Crippen LogP contribution < -0.4 is 5.32 Å². The van der Waals surface area contributed by atoms with Crippen molar-refractivity contribution in [1.82, 2.24) is 15.3 Å². The van der Waals surface area contributed by atoms with E-state index in [2.05, 4.69) is 52.5 Å². The van der Waals surface area contributed by atoms with Gasteiger partial charge in [0.25, 0.3) is 0 Å². The second kappa shape index (κ2) is 7.92. The smallest absolute Gasteiger partial charge is 0.114 e. The molecule has 19 heavy (non-hydrogen) atoms. The first-order valence-corrected chi connectivity index (χ1v) is 7.56. The summed E-state index contributed by atoms with van der Waals surface area (Å²) in [5, 5.41) is 4.56. The van der Waals surface area contributed by atoms with E-state index in [9.17, 15) is 0 Å². The van der Waals surface area contributed by atoms with Crippen molar-refractivity contribution in [3.8, 4) is 0 Å². The summed E-state index contributed by atoms with van der Waals surface area (Å²) in [6.07, 6.45) is 6.39. The van der Waals surface area contributed by atoms with Crippen molar-refractivity contribution >= 4 is 11.8 Å². The molecule has 1 aromatic carbocycles. The molecule has 1 aromatic heterocycles. The van der Waals surface area contributed by atoms with E-state index in [0.717, 1.165) is 23.7 Å². The molecule has 0 saturated carbocycles. The maximum Gasteiger partial charge on any atom is 0.114 e. The Morgan fingerprint density at radius 2 is 2.05 bits per heavy atom. The predicted molar refractivity (Wildman–Crippen MR) is 80.2 cm³/mol. The van der Waals surface area contributed by atoms with Crippen LogP contribution in [0, 0.1) is 0 Å². The van der Waals surface area contributed by atoms with Crippen molar-refractivity contribution in [2.45, 2.75) is 24.4 Å². The lowest BCUT2D eigenvalue weighted by Gasteiger charge is -2.18. The molecule has 2 aromatic rings. The van der Waals surface area contributed by atoms with Gasteiger partial charge in [-0.2, -0.15) is 0 Å². The number of hydrogen-bond donors (Lipinski definition) is 1. The van der Waals surface area contributed by atoms with E-state index >= 15 is 0 Å². The summed E-state index contributed by atoms with van der Waals surface area (Å²) in [4.78, 5) is 8.39. The van der Waals surface area contributed by atoms with Gasteiger partial charge in [-0.1, -0.05) is 37.3 Å². The minimum atomic E-state index is 0.355. The van der Waals surface area contributed by atoms with Gasteiger partial charge in [0.05, 0.1) is 6.20 Å². The number of thioether (sulfide) groups is 1. The molecule has 0 aliphatic carbocycles. The summed E-state index contributed by atoms with van der Waals surface area (Å²) in [5.74, 6) is 0.961. The SMILES string of the molecule is CCCNC(CSc1cnccn1)c1ccccc1. The standard InChI is InChI=1S/C15H19N3S/c1-2-8-17-14(13-6-4-3-5-7-13)12-19-15-11-16-9-10-18-15/h3-7,9-11,14,17H,2,8,12H2,1H3. The molecule has 4 heteroatoms. The van der Waals surface area contributed by atoms with Crippen LogP contribution in [0.25, 0.3) is 0 Å². The Labute approximate surface area is 118 Å². The second-order valence-corrected chi connectivity index (χ2v) is 5.31. The first-order chi connectivity index (χ1) is 9.40. The summed E-state index contributed by atoms with van der Waals surface area (Å²) >= 11 is 1.74. The first-order valence-electron chi connectivity index (χ1n) is 6.57. The van der Waals surface area contributed by atoms with Crippen LogP contribution in [0.15, 0.2) is 53.9 Å². The van der Waals surface area contributed by atoms with E-state index in [1.54, 1.807) is 24.2 Å². The molecule has 0 aliphatic rings. The van der Waals surface area contributed by atoms with Gasteiger partial charge < -0.3 is 5.32 Å². The third-order valence-corrected chi connectivity index (χ3v) is 3.79. The number of nitrogens with zero attached hydrogens (tertiary/aromatic N) is 2. The topological polar surface area (TPSA) is 37.8 Å². The van der Waals surface area contributed by atoms with Gasteiger partial charge in [0.2, 0.25) is 0 Å². The van der Waals surface area contributed by atoms with Crippen LogP contribution in [-0.2, 0) is 0 Å². The van der Waals surface area contributed by atoms with E-state index in [1.807, 2.05) is 6.20 Å². The molecule has 0 amide bonds. The highest BCUT2D eigenvalue weighted by Crippen LogP contribution is 2.22. The lowest BCUT2D eigenvalue weighted by atomic mass is 10.1. The Bertz CT molecular complexity index is 461. The minimum absolute atomic E-state index is 0.355. The third-order valence-electron chi connectivity index (χ3n) is 2.78. The van der Waals surface area contributed by atoms with E-state index in [1.165, 1.54) is 5.56 Å². The van der Waals surface area contributed by atoms with Gasteiger partial charge in [-0.15, -0.1) is 11.8 Å². The van der Waals surface area contributed by atoms with Gasteiger partial charge in [-0.05, 0) is 18.5 Å². The largest absolute Gasteiger partial charge is 0.309 e. The molecule has 2 rings (SSSR count). The maximum atomic E-state index is 4.30. The fourth-order valence-corrected chi connectivity index (χ4v) is 2.72. The van der Waals surface area contributed by atoms with Crippen molar-refractivity contribution < 1.29 is 0 Å². The number of hydrogen-bond acceptors (Lipinski definition) is 4. The normalized spacial score (nSPS) is 12.3. The Balaban J connectivity index is 1.98. The van der Waals surface area contributed by atoms with Gasteiger partial charge in [-0.25, -0.2) is 4.98 Å². The van der Waals surface area contributed by atoms with Crippen LogP contribution in [0.4, 0.5) is 0 Å². The van der Waals surface area contributed by atoms with Crippen molar-refractivity contribution in [3.05, 3.63) is 54.5 Å². The zero-order valence-electron chi connectivity index (χ0n) is 11.1. The number of nitrogens with one attached hydrogen (secondary N) is 1. The quantitative estimate of drug-likeness (QED) is 0.785. The second-order valence-electron chi connectivity index (χ2n) is 4.27.